The molecule has 1 aliphatic carbocycles. The molecule has 7 nitrogen and oxygen atoms in total. The third kappa shape index (κ3) is 6.62. The Balaban J connectivity index is 1.31. The van der Waals surface area contributed by atoms with Crippen LogP contribution in [0.2, 0.25) is 0 Å². The van der Waals surface area contributed by atoms with Gasteiger partial charge in [-0.15, -0.1) is 0 Å². The van der Waals surface area contributed by atoms with Crippen molar-refractivity contribution in [2.24, 2.45) is 0 Å². The maximum Gasteiger partial charge on any atom is 0.317 e. The van der Waals surface area contributed by atoms with Crippen LogP contribution in [-0.4, -0.2) is 67.4 Å². The van der Waals surface area contributed by atoms with Crippen LogP contribution < -0.4 is 10.6 Å². The first-order valence-corrected chi connectivity index (χ1v) is 11.2. The summed E-state index contributed by atoms with van der Waals surface area (Å²) >= 11 is 0. The van der Waals surface area contributed by atoms with E-state index in [0.717, 1.165) is 45.1 Å². The van der Waals surface area contributed by atoms with E-state index in [4.69, 9.17) is 9.47 Å². The van der Waals surface area contributed by atoms with E-state index >= 15 is 0 Å². The molecule has 7 heteroatoms. The summed E-state index contributed by atoms with van der Waals surface area (Å²) in [6.45, 7) is 4.45. The van der Waals surface area contributed by atoms with Crippen LogP contribution in [0.3, 0.4) is 0 Å². The maximum absolute atomic E-state index is 12.4. The van der Waals surface area contributed by atoms with Crippen LogP contribution in [0.4, 0.5) is 4.79 Å². The van der Waals surface area contributed by atoms with Gasteiger partial charge in [0.2, 0.25) is 5.91 Å². The Kier molecular flexibility index (Phi) is 8.40. The van der Waals surface area contributed by atoms with E-state index in [-0.39, 0.29) is 24.1 Å². The molecule has 3 amide bonds. The van der Waals surface area contributed by atoms with Gasteiger partial charge in [-0.1, -0.05) is 19.3 Å². The predicted octanol–water partition coefficient (Wildman–Crippen LogP) is 2.58. The average Bonchev–Trinajstić information content (AvgIpc) is 2.74. The second-order valence-corrected chi connectivity index (χ2v) is 8.52. The van der Waals surface area contributed by atoms with Crippen molar-refractivity contribution >= 4 is 11.9 Å². The summed E-state index contributed by atoms with van der Waals surface area (Å²) in [5.41, 5.74) is 0. The van der Waals surface area contributed by atoms with E-state index < -0.39 is 6.10 Å². The Hall–Kier alpha value is -1.34. The largest absolute Gasteiger partial charge is 0.376 e. The first kappa shape index (κ1) is 21.4. The fraction of sp³-hybridized carbons (Fsp3) is 0.905. The van der Waals surface area contributed by atoms with Crippen LogP contribution in [0.15, 0.2) is 0 Å². The second-order valence-electron chi connectivity index (χ2n) is 8.52. The molecule has 3 fully saturated rings. The number of hydrogen-bond donors (Lipinski definition) is 2. The molecule has 2 N–H and O–H groups in total. The Bertz CT molecular complexity index is 496. The van der Waals surface area contributed by atoms with Gasteiger partial charge in [-0.05, 0) is 51.9 Å². The fourth-order valence-electron chi connectivity index (χ4n) is 4.32. The minimum Gasteiger partial charge on any atom is -0.376 e. The van der Waals surface area contributed by atoms with E-state index in [1.165, 1.54) is 25.7 Å². The molecule has 2 atom stereocenters. The molecule has 1 saturated carbocycles. The molecule has 0 aromatic heterocycles. The van der Waals surface area contributed by atoms with Crippen molar-refractivity contribution in [1.29, 1.82) is 0 Å². The maximum atomic E-state index is 12.4. The summed E-state index contributed by atoms with van der Waals surface area (Å²) in [6, 6.07) is 0.508. The van der Waals surface area contributed by atoms with Crippen molar-refractivity contribution < 1.29 is 19.1 Å². The van der Waals surface area contributed by atoms with Gasteiger partial charge in [-0.25, -0.2) is 4.79 Å². The van der Waals surface area contributed by atoms with Crippen LogP contribution in [0.25, 0.3) is 0 Å². The quantitative estimate of drug-likeness (QED) is 0.724. The molecular weight excluding hydrogens is 358 g/mol. The van der Waals surface area contributed by atoms with Gasteiger partial charge in [0.25, 0.3) is 0 Å². The predicted molar refractivity (Wildman–Crippen MR) is 107 cm³/mol. The topological polar surface area (TPSA) is 79.9 Å². The summed E-state index contributed by atoms with van der Waals surface area (Å²) in [6.07, 6.45) is 10.4. The second kappa shape index (κ2) is 11.0. The Morgan fingerprint density at radius 3 is 2.32 bits per heavy atom. The number of ether oxygens (including phenoxy) is 2. The number of nitrogens with zero attached hydrogens (tertiary/aromatic N) is 1. The normalized spacial score (nSPS) is 25.9. The smallest absolute Gasteiger partial charge is 0.317 e. The zero-order valence-electron chi connectivity index (χ0n) is 17.3. The molecule has 0 bridgehead atoms. The Morgan fingerprint density at radius 2 is 1.64 bits per heavy atom. The van der Waals surface area contributed by atoms with Crippen molar-refractivity contribution in [3.63, 3.8) is 0 Å². The van der Waals surface area contributed by atoms with E-state index in [2.05, 4.69) is 10.6 Å². The highest BCUT2D eigenvalue weighted by Gasteiger charge is 2.27. The van der Waals surface area contributed by atoms with Gasteiger partial charge in [-0.2, -0.15) is 0 Å². The van der Waals surface area contributed by atoms with Crippen LogP contribution in [0, 0.1) is 0 Å². The minimum absolute atomic E-state index is 0.0564. The molecule has 28 heavy (non-hydrogen) atoms. The summed E-state index contributed by atoms with van der Waals surface area (Å²) in [4.78, 5) is 26.7. The number of amides is 3. The van der Waals surface area contributed by atoms with Crippen molar-refractivity contribution in [2.45, 2.75) is 95.4 Å². The average molecular weight is 396 g/mol. The molecule has 2 unspecified atom stereocenters. The zero-order chi connectivity index (χ0) is 19.8. The molecule has 3 rings (SSSR count). The van der Waals surface area contributed by atoms with Gasteiger partial charge in [0.1, 0.15) is 6.10 Å². The number of carbonyl (C=O) groups is 2. The molecule has 0 aromatic rings. The van der Waals surface area contributed by atoms with Crippen molar-refractivity contribution in [1.82, 2.24) is 15.5 Å². The standard InChI is InChI=1S/C21H37N3O4/c1-16(28-15-19-9-5-6-14-27-19)20(25)22-18-10-12-24(13-11-18)21(26)23-17-7-3-2-4-8-17/h16-19H,2-15H2,1H3,(H,22,25)(H,23,26). The van der Waals surface area contributed by atoms with E-state index in [9.17, 15) is 9.59 Å². The number of hydrogen-bond acceptors (Lipinski definition) is 4. The van der Waals surface area contributed by atoms with Gasteiger partial charge in [-0.3, -0.25) is 4.79 Å². The van der Waals surface area contributed by atoms with Gasteiger partial charge in [0, 0.05) is 31.8 Å². The number of nitrogens with one attached hydrogen (secondary N) is 2. The minimum atomic E-state index is -0.474. The summed E-state index contributed by atoms with van der Waals surface area (Å²) in [7, 11) is 0. The van der Waals surface area contributed by atoms with Crippen molar-refractivity contribution in [3.05, 3.63) is 0 Å². The van der Waals surface area contributed by atoms with E-state index in [1.807, 2.05) is 4.90 Å². The molecule has 3 aliphatic rings. The summed E-state index contributed by atoms with van der Waals surface area (Å²) < 4.78 is 11.4. The SMILES string of the molecule is CC(OCC1CCCCO1)C(=O)NC1CCN(C(=O)NC2CCCCC2)CC1. The summed E-state index contributed by atoms with van der Waals surface area (Å²) in [5.74, 6) is -0.0686. The highest BCUT2D eigenvalue weighted by Crippen LogP contribution is 2.18. The lowest BCUT2D eigenvalue weighted by molar-refractivity contribution is -0.136. The van der Waals surface area contributed by atoms with E-state index in [1.54, 1.807) is 6.92 Å². The number of carbonyl (C=O) groups excluding carboxylic acids is 2. The van der Waals surface area contributed by atoms with E-state index in [0.29, 0.717) is 25.7 Å². The monoisotopic (exact) mass is 395 g/mol. The molecular formula is C21H37N3O4. The first-order valence-electron chi connectivity index (χ1n) is 11.2. The van der Waals surface area contributed by atoms with Crippen LogP contribution >= 0.6 is 0 Å². The highest BCUT2D eigenvalue weighted by molar-refractivity contribution is 5.80. The van der Waals surface area contributed by atoms with Crippen LogP contribution in [0.5, 0.6) is 0 Å². The molecule has 0 radical (unpaired) electrons. The zero-order valence-corrected chi connectivity index (χ0v) is 17.3. The van der Waals surface area contributed by atoms with Gasteiger partial charge < -0.3 is 25.0 Å². The fourth-order valence-corrected chi connectivity index (χ4v) is 4.32. The third-order valence-electron chi connectivity index (χ3n) is 6.24. The van der Waals surface area contributed by atoms with Crippen LogP contribution in [-0.2, 0) is 14.3 Å². The molecule has 2 heterocycles. The number of piperidine rings is 1. The third-order valence-corrected chi connectivity index (χ3v) is 6.24. The lowest BCUT2D eigenvalue weighted by Gasteiger charge is -2.34. The molecule has 160 valence electrons. The lowest BCUT2D eigenvalue weighted by atomic mass is 9.95. The van der Waals surface area contributed by atoms with Gasteiger partial charge >= 0.3 is 6.03 Å². The van der Waals surface area contributed by atoms with Crippen molar-refractivity contribution in [2.75, 3.05) is 26.3 Å². The number of rotatable bonds is 6. The van der Waals surface area contributed by atoms with Gasteiger partial charge in [0.15, 0.2) is 0 Å². The number of urea groups is 1. The Labute approximate surface area is 168 Å². The van der Waals surface area contributed by atoms with Crippen LogP contribution in [0.1, 0.15) is 71.1 Å². The first-order chi connectivity index (χ1) is 13.6. The molecule has 0 aromatic carbocycles. The molecule has 2 aliphatic heterocycles. The lowest BCUT2D eigenvalue weighted by Crippen LogP contribution is -2.52. The highest BCUT2D eigenvalue weighted by atomic mass is 16.5. The number of likely N-dealkylation sites (tertiary alicyclic amines) is 1. The van der Waals surface area contributed by atoms with Gasteiger partial charge in [0.05, 0.1) is 12.7 Å². The molecule has 0 spiro atoms. The molecule has 2 saturated heterocycles. The summed E-state index contributed by atoms with van der Waals surface area (Å²) in [5, 5.41) is 6.26. The Morgan fingerprint density at radius 1 is 0.964 bits per heavy atom. The van der Waals surface area contributed by atoms with Crippen molar-refractivity contribution in [3.8, 4) is 0 Å².